The van der Waals surface area contributed by atoms with Crippen LogP contribution in [0.1, 0.15) is 11.1 Å². The van der Waals surface area contributed by atoms with Gasteiger partial charge < -0.3 is 5.32 Å². The first kappa shape index (κ1) is 11.3. The van der Waals surface area contributed by atoms with E-state index in [1.165, 1.54) is 11.1 Å². The van der Waals surface area contributed by atoms with Gasteiger partial charge in [-0.1, -0.05) is 27.5 Å². The fourth-order valence-electron chi connectivity index (χ4n) is 1.53. The molecule has 1 heterocycles. The lowest BCUT2D eigenvalue weighted by atomic mass is 10.0. The Hall–Kier alpha value is 0.240. The molecule has 0 radical (unpaired) electrons. The summed E-state index contributed by atoms with van der Waals surface area (Å²) in [5.74, 6) is 0. The maximum absolute atomic E-state index is 5.92. The van der Waals surface area contributed by atoms with Gasteiger partial charge in [-0.15, -0.1) is 12.4 Å². The molecule has 4 heteroatoms. The maximum atomic E-state index is 5.92. The third-order valence-corrected chi connectivity index (χ3v) is 3.05. The summed E-state index contributed by atoms with van der Waals surface area (Å²) >= 11 is 9.44. The molecule has 0 atom stereocenters. The topological polar surface area (TPSA) is 12.0 Å². The summed E-state index contributed by atoms with van der Waals surface area (Å²) in [6.45, 7) is 2.00. The van der Waals surface area contributed by atoms with Gasteiger partial charge in [-0.25, -0.2) is 0 Å². The number of hydrogen-bond acceptors (Lipinski definition) is 1. The molecule has 1 N–H and O–H groups in total. The van der Waals surface area contributed by atoms with Crippen molar-refractivity contribution in [1.29, 1.82) is 0 Å². The third-order valence-electron chi connectivity index (χ3n) is 2.12. The van der Waals surface area contributed by atoms with Crippen LogP contribution in [0.25, 0.3) is 0 Å². The van der Waals surface area contributed by atoms with Gasteiger partial charge >= 0.3 is 0 Å². The Bertz CT molecular complexity index is 315. The van der Waals surface area contributed by atoms with E-state index in [4.69, 9.17) is 11.6 Å². The van der Waals surface area contributed by atoms with Crippen LogP contribution >= 0.6 is 39.9 Å². The van der Waals surface area contributed by atoms with Gasteiger partial charge in [0.15, 0.2) is 0 Å². The van der Waals surface area contributed by atoms with E-state index < -0.39 is 0 Å². The van der Waals surface area contributed by atoms with E-state index in [0.717, 1.165) is 29.0 Å². The predicted molar refractivity (Wildman–Crippen MR) is 61.8 cm³/mol. The smallest absolute Gasteiger partial charge is 0.0420 e. The van der Waals surface area contributed by atoms with E-state index in [0.29, 0.717) is 0 Å². The lowest BCUT2D eigenvalue weighted by Gasteiger charge is -2.18. The van der Waals surface area contributed by atoms with E-state index in [9.17, 15) is 0 Å². The second-order valence-corrected chi connectivity index (χ2v) is 4.24. The molecule has 0 amide bonds. The van der Waals surface area contributed by atoms with Crippen molar-refractivity contribution in [1.82, 2.24) is 5.32 Å². The van der Waals surface area contributed by atoms with Crippen molar-refractivity contribution in [3.63, 3.8) is 0 Å². The quantitative estimate of drug-likeness (QED) is 0.771. The number of halogens is 3. The molecular weight excluding hydrogens is 273 g/mol. The minimum absolute atomic E-state index is 0. The molecule has 0 saturated heterocycles. The van der Waals surface area contributed by atoms with Gasteiger partial charge in [0.05, 0.1) is 0 Å². The summed E-state index contributed by atoms with van der Waals surface area (Å²) in [6.07, 6.45) is 1.09. The number of hydrogen-bond donors (Lipinski definition) is 1. The molecule has 2 rings (SSSR count). The Morgan fingerprint density at radius 1 is 1.38 bits per heavy atom. The summed E-state index contributed by atoms with van der Waals surface area (Å²) in [6, 6.07) is 4.00. The average molecular weight is 283 g/mol. The van der Waals surface area contributed by atoms with Crippen molar-refractivity contribution < 1.29 is 0 Å². The van der Waals surface area contributed by atoms with Gasteiger partial charge in [0, 0.05) is 16.0 Å². The van der Waals surface area contributed by atoms with Crippen LogP contribution in [0.3, 0.4) is 0 Å². The van der Waals surface area contributed by atoms with E-state index in [1.807, 2.05) is 12.1 Å². The molecule has 13 heavy (non-hydrogen) atoms. The molecule has 1 aromatic carbocycles. The fourth-order valence-corrected chi connectivity index (χ4v) is 2.60. The standard InChI is InChI=1S/C9H9BrClN.ClH/c10-9-4-7(11)3-6-5-12-2-1-8(6)9;/h3-4,12H,1-2,5H2;1H. The normalized spacial score (nSPS) is 14.6. The van der Waals surface area contributed by atoms with Gasteiger partial charge in [-0.05, 0) is 36.2 Å². The molecule has 0 fully saturated rings. The van der Waals surface area contributed by atoms with Crippen molar-refractivity contribution in [3.05, 3.63) is 32.8 Å². The lowest BCUT2D eigenvalue weighted by Crippen LogP contribution is -2.23. The van der Waals surface area contributed by atoms with Gasteiger partial charge in [-0.2, -0.15) is 0 Å². The van der Waals surface area contributed by atoms with E-state index in [2.05, 4.69) is 21.2 Å². The second kappa shape index (κ2) is 4.65. The highest BCUT2D eigenvalue weighted by molar-refractivity contribution is 9.10. The van der Waals surface area contributed by atoms with Crippen molar-refractivity contribution in [2.24, 2.45) is 0 Å². The van der Waals surface area contributed by atoms with Crippen molar-refractivity contribution >= 4 is 39.9 Å². The van der Waals surface area contributed by atoms with Crippen molar-refractivity contribution in [2.45, 2.75) is 13.0 Å². The molecule has 0 spiro atoms. The zero-order chi connectivity index (χ0) is 8.55. The molecule has 0 aliphatic carbocycles. The summed E-state index contributed by atoms with van der Waals surface area (Å²) < 4.78 is 1.14. The summed E-state index contributed by atoms with van der Waals surface area (Å²) in [5.41, 5.74) is 2.72. The highest BCUT2D eigenvalue weighted by atomic mass is 79.9. The first-order chi connectivity index (χ1) is 5.77. The zero-order valence-corrected chi connectivity index (χ0v) is 10.1. The third kappa shape index (κ3) is 2.38. The Labute approximate surface area is 97.4 Å². The van der Waals surface area contributed by atoms with Crippen LogP contribution in [0, 0.1) is 0 Å². The van der Waals surface area contributed by atoms with Crippen molar-refractivity contribution in [3.8, 4) is 0 Å². The number of nitrogens with one attached hydrogen (secondary N) is 1. The zero-order valence-electron chi connectivity index (χ0n) is 6.94. The highest BCUT2D eigenvalue weighted by Gasteiger charge is 2.11. The number of rotatable bonds is 0. The molecule has 1 aromatic rings. The molecule has 1 nitrogen and oxygen atoms in total. The van der Waals surface area contributed by atoms with Crippen LogP contribution < -0.4 is 5.32 Å². The van der Waals surface area contributed by atoms with Crippen LogP contribution in [-0.2, 0) is 13.0 Å². The Morgan fingerprint density at radius 2 is 2.15 bits per heavy atom. The number of benzene rings is 1. The molecule has 72 valence electrons. The second-order valence-electron chi connectivity index (χ2n) is 2.95. The van der Waals surface area contributed by atoms with Crippen LogP contribution in [0.2, 0.25) is 5.02 Å². The monoisotopic (exact) mass is 281 g/mol. The molecule has 0 saturated carbocycles. The van der Waals surface area contributed by atoms with Gasteiger partial charge in [0.1, 0.15) is 0 Å². The lowest BCUT2D eigenvalue weighted by molar-refractivity contribution is 0.642. The van der Waals surface area contributed by atoms with Crippen molar-refractivity contribution in [2.75, 3.05) is 6.54 Å². The summed E-state index contributed by atoms with van der Waals surface area (Å²) in [5, 5.41) is 4.13. The fraction of sp³-hybridized carbons (Fsp3) is 0.333. The molecule has 0 unspecified atom stereocenters. The van der Waals surface area contributed by atoms with Gasteiger partial charge in [-0.3, -0.25) is 0 Å². The maximum Gasteiger partial charge on any atom is 0.0420 e. The Kier molecular flexibility index (Phi) is 4.05. The van der Waals surface area contributed by atoms with Crippen LogP contribution in [-0.4, -0.2) is 6.54 Å². The predicted octanol–water partition coefficient (Wildman–Crippen LogP) is 3.17. The largest absolute Gasteiger partial charge is 0.312 e. The Morgan fingerprint density at radius 3 is 2.92 bits per heavy atom. The molecule has 1 aliphatic rings. The SMILES string of the molecule is Cl.Clc1cc(Br)c2c(c1)CNCC2. The molecule has 0 bridgehead atoms. The molecule has 1 aliphatic heterocycles. The van der Waals surface area contributed by atoms with Gasteiger partial charge in [0.25, 0.3) is 0 Å². The van der Waals surface area contributed by atoms with E-state index in [1.54, 1.807) is 0 Å². The van der Waals surface area contributed by atoms with Crippen LogP contribution in [0.4, 0.5) is 0 Å². The summed E-state index contributed by atoms with van der Waals surface area (Å²) in [4.78, 5) is 0. The number of fused-ring (bicyclic) bond motifs is 1. The first-order valence-electron chi connectivity index (χ1n) is 3.95. The minimum atomic E-state index is 0. The van der Waals surface area contributed by atoms with Crippen LogP contribution in [0.5, 0.6) is 0 Å². The molecule has 0 aromatic heterocycles. The highest BCUT2D eigenvalue weighted by Crippen LogP contribution is 2.27. The first-order valence-corrected chi connectivity index (χ1v) is 5.12. The average Bonchev–Trinajstić information content (AvgIpc) is 2.04. The molecular formula is C9H10BrCl2N. The van der Waals surface area contributed by atoms with E-state index >= 15 is 0 Å². The van der Waals surface area contributed by atoms with Gasteiger partial charge in [0.2, 0.25) is 0 Å². The Balaban J connectivity index is 0.000000845. The minimum Gasteiger partial charge on any atom is -0.312 e. The van der Waals surface area contributed by atoms with E-state index in [-0.39, 0.29) is 12.4 Å². The van der Waals surface area contributed by atoms with Crippen LogP contribution in [0.15, 0.2) is 16.6 Å². The summed E-state index contributed by atoms with van der Waals surface area (Å²) in [7, 11) is 0.